The topological polar surface area (TPSA) is 47.3 Å². The van der Waals surface area contributed by atoms with Gasteiger partial charge in [-0.25, -0.2) is 4.98 Å². The Kier molecular flexibility index (Phi) is 4.87. The lowest BCUT2D eigenvalue weighted by atomic mass is 10.2. The summed E-state index contributed by atoms with van der Waals surface area (Å²) in [7, 11) is 0. The lowest BCUT2D eigenvalue weighted by Gasteiger charge is -2.10. The van der Waals surface area contributed by atoms with E-state index in [0.717, 1.165) is 12.1 Å². The maximum absolute atomic E-state index is 12.9. The third-order valence-corrected chi connectivity index (χ3v) is 3.98. The number of hydrogen-bond donors (Lipinski definition) is 1. The number of nitrogens with zero attached hydrogens (tertiary/aromatic N) is 2. The fourth-order valence-corrected chi connectivity index (χ4v) is 2.71. The molecular weight excluding hydrogens is 357 g/mol. The molecule has 4 nitrogen and oxygen atoms in total. The zero-order valence-electron chi connectivity index (χ0n) is 12.9. The Hall–Kier alpha value is -2.25. The summed E-state index contributed by atoms with van der Waals surface area (Å²) in [5.74, 6) is 0.853. The molecule has 3 aromatic rings. The van der Waals surface area contributed by atoms with Crippen molar-refractivity contribution >= 4 is 22.6 Å². The highest BCUT2D eigenvalue weighted by Crippen LogP contribution is 2.32. The lowest BCUT2D eigenvalue weighted by Crippen LogP contribution is -2.10. The molecule has 0 spiro atoms. The van der Waals surface area contributed by atoms with Crippen molar-refractivity contribution in [3.8, 4) is 5.75 Å². The average Bonchev–Trinajstić information content (AvgIpc) is 2.91. The van der Waals surface area contributed by atoms with Crippen molar-refractivity contribution in [3.05, 3.63) is 58.9 Å². The second-order valence-electron chi connectivity index (χ2n) is 5.32. The van der Waals surface area contributed by atoms with Crippen molar-refractivity contribution in [2.75, 3.05) is 6.61 Å². The number of para-hydroxylation sites is 1. The molecule has 0 radical (unpaired) electrons. The molecule has 2 aromatic carbocycles. The van der Waals surface area contributed by atoms with Crippen molar-refractivity contribution in [2.24, 2.45) is 0 Å². The number of hydrogen-bond acceptors (Lipinski definition) is 3. The van der Waals surface area contributed by atoms with Crippen LogP contribution in [0.1, 0.15) is 11.4 Å². The van der Waals surface area contributed by atoms with E-state index in [1.165, 1.54) is 6.07 Å². The second kappa shape index (κ2) is 6.93. The van der Waals surface area contributed by atoms with Gasteiger partial charge in [-0.15, -0.1) is 0 Å². The highest BCUT2D eigenvalue weighted by molar-refractivity contribution is 6.32. The van der Waals surface area contributed by atoms with Crippen LogP contribution >= 0.6 is 11.6 Å². The van der Waals surface area contributed by atoms with Crippen LogP contribution in [0.25, 0.3) is 11.0 Å². The first kappa shape index (κ1) is 17.6. The van der Waals surface area contributed by atoms with Gasteiger partial charge in [0, 0.05) is 6.54 Å². The molecule has 8 heteroatoms. The standard InChI is InChI=1S/C17H14ClF3N2O2/c18-12-3-1-2-4-15(12)25-10-16-22-13-9-11(17(19,20)21)5-6-14(13)23(16)7-8-24/h1-6,9,24H,7-8,10H2. The summed E-state index contributed by atoms with van der Waals surface area (Å²) >= 11 is 6.02. The highest BCUT2D eigenvalue weighted by atomic mass is 35.5. The van der Waals surface area contributed by atoms with E-state index in [1.54, 1.807) is 28.8 Å². The molecule has 1 aromatic heterocycles. The van der Waals surface area contributed by atoms with Gasteiger partial charge in [-0.1, -0.05) is 23.7 Å². The summed E-state index contributed by atoms with van der Waals surface area (Å²) in [6, 6.07) is 10.2. The summed E-state index contributed by atoms with van der Waals surface area (Å²) < 4.78 is 45.9. The van der Waals surface area contributed by atoms with Crippen LogP contribution in [0.2, 0.25) is 5.02 Å². The maximum atomic E-state index is 12.9. The third kappa shape index (κ3) is 3.72. The largest absolute Gasteiger partial charge is 0.484 e. The molecule has 0 bridgehead atoms. The summed E-state index contributed by atoms with van der Waals surface area (Å²) in [6.07, 6.45) is -4.44. The number of halogens is 4. The van der Waals surface area contributed by atoms with Gasteiger partial charge in [-0.3, -0.25) is 0 Å². The van der Waals surface area contributed by atoms with Gasteiger partial charge in [-0.05, 0) is 30.3 Å². The van der Waals surface area contributed by atoms with Crippen LogP contribution < -0.4 is 4.74 Å². The van der Waals surface area contributed by atoms with Gasteiger partial charge in [0.15, 0.2) is 0 Å². The van der Waals surface area contributed by atoms with E-state index in [4.69, 9.17) is 16.3 Å². The number of aliphatic hydroxyl groups is 1. The Morgan fingerprint density at radius 3 is 2.60 bits per heavy atom. The molecule has 3 rings (SSSR count). The third-order valence-electron chi connectivity index (χ3n) is 3.67. The monoisotopic (exact) mass is 370 g/mol. The quantitative estimate of drug-likeness (QED) is 0.729. The van der Waals surface area contributed by atoms with Gasteiger partial charge < -0.3 is 14.4 Å². The summed E-state index contributed by atoms with van der Waals surface area (Å²) in [5.41, 5.74) is -0.0759. The van der Waals surface area contributed by atoms with Gasteiger partial charge >= 0.3 is 6.18 Å². The smallest absolute Gasteiger partial charge is 0.416 e. The van der Waals surface area contributed by atoms with Crippen LogP contribution in [0.5, 0.6) is 5.75 Å². The highest BCUT2D eigenvalue weighted by Gasteiger charge is 2.31. The van der Waals surface area contributed by atoms with Crippen LogP contribution in [0.4, 0.5) is 13.2 Å². The molecule has 0 unspecified atom stereocenters. The maximum Gasteiger partial charge on any atom is 0.416 e. The SMILES string of the molecule is OCCn1c(COc2ccccc2Cl)nc2cc(C(F)(F)F)ccc21. The molecule has 0 aliphatic carbocycles. The van der Waals surface area contributed by atoms with Crippen LogP contribution in [0.15, 0.2) is 42.5 Å². The van der Waals surface area contributed by atoms with Gasteiger partial charge in [0.25, 0.3) is 0 Å². The van der Waals surface area contributed by atoms with Gasteiger partial charge in [0.2, 0.25) is 0 Å². The Labute approximate surface area is 146 Å². The summed E-state index contributed by atoms with van der Waals surface area (Å²) in [4.78, 5) is 4.23. The van der Waals surface area contributed by atoms with Crippen molar-refractivity contribution in [2.45, 2.75) is 19.3 Å². The fraction of sp³-hybridized carbons (Fsp3) is 0.235. The predicted octanol–water partition coefficient (Wildman–Crippen LogP) is 4.28. The Morgan fingerprint density at radius 1 is 1.16 bits per heavy atom. The molecule has 0 aliphatic rings. The normalized spacial score (nSPS) is 11.9. The molecule has 0 saturated carbocycles. The summed E-state index contributed by atoms with van der Waals surface area (Å²) in [5, 5.41) is 9.67. The number of benzene rings is 2. The zero-order valence-corrected chi connectivity index (χ0v) is 13.7. The van der Waals surface area contributed by atoms with E-state index in [2.05, 4.69) is 4.98 Å². The van der Waals surface area contributed by atoms with E-state index in [0.29, 0.717) is 22.1 Å². The number of aliphatic hydroxyl groups excluding tert-OH is 1. The minimum Gasteiger partial charge on any atom is -0.484 e. The van der Waals surface area contributed by atoms with Crippen molar-refractivity contribution < 1.29 is 23.0 Å². The number of imidazole rings is 1. The van der Waals surface area contributed by atoms with E-state index in [-0.39, 0.29) is 25.3 Å². The molecule has 132 valence electrons. The minimum absolute atomic E-state index is 0.0137. The van der Waals surface area contributed by atoms with Crippen molar-refractivity contribution in [3.63, 3.8) is 0 Å². The Bertz CT molecular complexity index is 893. The molecule has 0 atom stereocenters. The number of alkyl halides is 3. The molecular formula is C17H14ClF3N2O2. The molecule has 0 amide bonds. The van der Waals surface area contributed by atoms with Crippen LogP contribution in [0, 0.1) is 0 Å². The Morgan fingerprint density at radius 2 is 1.92 bits per heavy atom. The molecule has 0 fully saturated rings. The number of aromatic nitrogens is 2. The van der Waals surface area contributed by atoms with Crippen molar-refractivity contribution in [1.82, 2.24) is 9.55 Å². The fourth-order valence-electron chi connectivity index (χ4n) is 2.52. The molecule has 0 saturated heterocycles. The van der Waals surface area contributed by atoms with Gasteiger partial charge in [0.05, 0.1) is 28.2 Å². The zero-order chi connectivity index (χ0) is 18.0. The van der Waals surface area contributed by atoms with Crippen molar-refractivity contribution in [1.29, 1.82) is 0 Å². The van der Waals surface area contributed by atoms with E-state index < -0.39 is 11.7 Å². The minimum atomic E-state index is -4.44. The number of fused-ring (bicyclic) bond motifs is 1. The first-order valence-electron chi connectivity index (χ1n) is 7.44. The Balaban J connectivity index is 1.96. The molecule has 1 heterocycles. The van der Waals surface area contributed by atoms with E-state index >= 15 is 0 Å². The van der Waals surface area contributed by atoms with Crippen LogP contribution in [0.3, 0.4) is 0 Å². The molecule has 1 N–H and O–H groups in total. The first-order chi connectivity index (χ1) is 11.9. The number of rotatable bonds is 5. The predicted molar refractivity (Wildman–Crippen MR) is 87.6 cm³/mol. The van der Waals surface area contributed by atoms with Gasteiger partial charge in [-0.2, -0.15) is 13.2 Å². The second-order valence-corrected chi connectivity index (χ2v) is 5.73. The van der Waals surface area contributed by atoms with E-state index in [1.807, 2.05) is 0 Å². The van der Waals surface area contributed by atoms with Crippen LogP contribution in [-0.4, -0.2) is 21.3 Å². The van der Waals surface area contributed by atoms with Gasteiger partial charge in [0.1, 0.15) is 18.2 Å². The first-order valence-corrected chi connectivity index (χ1v) is 7.82. The molecule has 0 aliphatic heterocycles. The average molecular weight is 371 g/mol. The lowest BCUT2D eigenvalue weighted by molar-refractivity contribution is -0.137. The number of ether oxygens (including phenoxy) is 1. The van der Waals surface area contributed by atoms with Crippen LogP contribution in [-0.2, 0) is 19.3 Å². The summed E-state index contributed by atoms with van der Waals surface area (Å²) in [6.45, 7) is 0.0361. The van der Waals surface area contributed by atoms with E-state index in [9.17, 15) is 18.3 Å². The molecule has 25 heavy (non-hydrogen) atoms.